The van der Waals surface area contributed by atoms with E-state index < -0.39 is 0 Å². The molecule has 0 saturated heterocycles. The van der Waals surface area contributed by atoms with Gasteiger partial charge in [-0.15, -0.1) is 0 Å². The summed E-state index contributed by atoms with van der Waals surface area (Å²) in [6.45, 7) is 7.10. The van der Waals surface area contributed by atoms with E-state index in [-0.39, 0.29) is 0 Å². The fraction of sp³-hybridized carbons (Fsp3) is 1.00. The first-order chi connectivity index (χ1) is 6.23. The Morgan fingerprint density at radius 2 is 1.85 bits per heavy atom. The first kappa shape index (κ1) is 11.1. The molecule has 0 bridgehead atoms. The van der Waals surface area contributed by atoms with Gasteiger partial charge in [0.2, 0.25) is 0 Å². The Kier molecular flexibility index (Phi) is 4.28. The van der Waals surface area contributed by atoms with Gasteiger partial charge >= 0.3 is 0 Å². The number of unbranched alkanes of at least 4 members (excludes halogenated alkanes) is 3. The van der Waals surface area contributed by atoms with Gasteiger partial charge in [0.05, 0.1) is 0 Å². The minimum atomic E-state index is 0.768. The van der Waals surface area contributed by atoms with Crippen LogP contribution in [0.4, 0.5) is 0 Å². The molecule has 0 aromatic rings. The normalized spacial score (nSPS) is 32.1. The molecule has 0 aromatic carbocycles. The second kappa shape index (κ2) is 5.02. The molecule has 0 heterocycles. The zero-order valence-electron chi connectivity index (χ0n) is 9.73. The molecule has 13 heavy (non-hydrogen) atoms. The zero-order valence-corrected chi connectivity index (χ0v) is 9.73. The van der Waals surface area contributed by atoms with E-state index in [1.807, 2.05) is 0 Å². The third-order valence-corrected chi connectivity index (χ3v) is 3.78. The molecule has 0 nitrogen and oxygen atoms in total. The van der Waals surface area contributed by atoms with Crippen molar-refractivity contribution >= 4 is 0 Å². The Balaban J connectivity index is 2.02. The van der Waals surface area contributed by atoms with Crippen LogP contribution in [0.1, 0.15) is 72.1 Å². The number of hydrogen-bond acceptors (Lipinski definition) is 0. The molecule has 1 aliphatic carbocycles. The lowest BCUT2D eigenvalue weighted by molar-refractivity contribution is 0.419. The Bertz CT molecular complexity index is 139. The smallest absolute Gasteiger partial charge is 0.0294 e. The maximum Gasteiger partial charge on any atom is -0.0294 e. The van der Waals surface area contributed by atoms with Crippen LogP contribution in [-0.4, -0.2) is 0 Å². The minimum Gasteiger partial charge on any atom is -0.0654 e. The van der Waals surface area contributed by atoms with Crippen LogP contribution >= 0.6 is 0 Å². The number of hydrogen-bond donors (Lipinski definition) is 0. The Labute approximate surface area is 84.1 Å². The molecule has 1 aliphatic rings. The molecule has 0 aliphatic heterocycles. The molecule has 2 atom stereocenters. The average molecular weight is 182 g/mol. The van der Waals surface area contributed by atoms with E-state index in [1.165, 1.54) is 51.4 Å². The van der Waals surface area contributed by atoms with E-state index in [0.29, 0.717) is 0 Å². The lowest BCUT2D eigenvalue weighted by Crippen LogP contribution is -1.98. The zero-order chi connectivity index (χ0) is 9.73. The predicted molar refractivity (Wildman–Crippen MR) is 59.9 cm³/mol. The third kappa shape index (κ3) is 3.32. The van der Waals surface area contributed by atoms with Crippen molar-refractivity contribution in [1.82, 2.24) is 0 Å². The molecule has 1 fully saturated rings. The van der Waals surface area contributed by atoms with Crippen molar-refractivity contribution < 1.29 is 0 Å². The fourth-order valence-electron chi connectivity index (χ4n) is 2.56. The Morgan fingerprint density at radius 1 is 1.08 bits per heavy atom. The van der Waals surface area contributed by atoms with Gasteiger partial charge in [0, 0.05) is 0 Å². The van der Waals surface area contributed by atoms with E-state index in [1.54, 1.807) is 0 Å². The Hall–Kier alpha value is 0. The molecule has 0 unspecified atom stereocenters. The molecule has 0 heteroatoms. The van der Waals surface area contributed by atoms with Crippen molar-refractivity contribution in [3.05, 3.63) is 0 Å². The van der Waals surface area contributed by atoms with Crippen LogP contribution in [0, 0.1) is 11.3 Å². The quantitative estimate of drug-likeness (QED) is 0.497. The van der Waals surface area contributed by atoms with Gasteiger partial charge in [0.1, 0.15) is 0 Å². The van der Waals surface area contributed by atoms with Crippen LogP contribution in [0.2, 0.25) is 0 Å². The summed E-state index contributed by atoms with van der Waals surface area (Å²) in [4.78, 5) is 0. The Morgan fingerprint density at radius 3 is 2.46 bits per heavy atom. The number of rotatable bonds is 7. The molecule has 0 aromatic heterocycles. The third-order valence-electron chi connectivity index (χ3n) is 3.78. The SMILES string of the molecule is CCCCCC[C@@]1(C)C[C@@H]1CCC. The summed E-state index contributed by atoms with van der Waals surface area (Å²) in [6.07, 6.45) is 11.6. The summed E-state index contributed by atoms with van der Waals surface area (Å²) >= 11 is 0. The predicted octanol–water partition coefficient (Wildman–Crippen LogP) is 4.78. The second-order valence-electron chi connectivity index (χ2n) is 5.15. The van der Waals surface area contributed by atoms with Crippen LogP contribution in [-0.2, 0) is 0 Å². The van der Waals surface area contributed by atoms with E-state index >= 15 is 0 Å². The molecule has 78 valence electrons. The molecule has 1 rings (SSSR count). The highest BCUT2D eigenvalue weighted by atomic mass is 14.5. The van der Waals surface area contributed by atoms with Gasteiger partial charge in [0.15, 0.2) is 0 Å². The monoisotopic (exact) mass is 182 g/mol. The fourth-order valence-corrected chi connectivity index (χ4v) is 2.56. The van der Waals surface area contributed by atoms with Gasteiger partial charge in [-0.25, -0.2) is 0 Å². The van der Waals surface area contributed by atoms with Crippen molar-refractivity contribution in [2.24, 2.45) is 11.3 Å². The van der Waals surface area contributed by atoms with Crippen molar-refractivity contribution in [2.45, 2.75) is 72.1 Å². The van der Waals surface area contributed by atoms with Gasteiger partial charge in [0.25, 0.3) is 0 Å². The summed E-state index contributed by atoms with van der Waals surface area (Å²) in [5, 5.41) is 0. The average Bonchev–Trinajstić information content (AvgIpc) is 2.73. The maximum atomic E-state index is 2.50. The summed E-state index contributed by atoms with van der Waals surface area (Å²) in [6, 6.07) is 0. The van der Waals surface area contributed by atoms with Crippen LogP contribution in [0.5, 0.6) is 0 Å². The van der Waals surface area contributed by atoms with Crippen molar-refractivity contribution in [3.8, 4) is 0 Å². The lowest BCUT2D eigenvalue weighted by atomic mass is 9.96. The molecule has 0 spiro atoms. The van der Waals surface area contributed by atoms with E-state index in [2.05, 4.69) is 20.8 Å². The van der Waals surface area contributed by atoms with Gasteiger partial charge in [-0.3, -0.25) is 0 Å². The minimum absolute atomic E-state index is 0.768. The van der Waals surface area contributed by atoms with Crippen LogP contribution in [0.15, 0.2) is 0 Å². The van der Waals surface area contributed by atoms with E-state index in [4.69, 9.17) is 0 Å². The molecule has 0 amide bonds. The standard InChI is InChI=1S/C13H26/c1-4-6-7-8-10-13(3)11-12(13)9-5-2/h12H,4-11H2,1-3H3/t12-,13-/m0/s1. The van der Waals surface area contributed by atoms with Gasteiger partial charge in [-0.05, 0) is 24.2 Å². The molecule has 0 N–H and O–H groups in total. The summed E-state index contributed by atoms with van der Waals surface area (Å²) in [7, 11) is 0. The molecule has 0 radical (unpaired) electrons. The summed E-state index contributed by atoms with van der Waals surface area (Å²) in [5.41, 5.74) is 0.768. The molecule has 1 saturated carbocycles. The van der Waals surface area contributed by atoms with Crippen LogP contribution in [0.25, 0.3) is 0 Å². The first-order valence-electron chi connectivity index (χ1n) is 6.23. The van der Waals surface area contributed by atoms with Gasteiger partial charge in [-0.2, -0.15) is 0 Å². The highest BCUT2D eigenvalue weighted by molar-refractivity contribution is 4.97. The van der Waals surface area contributed by atoms with Crippen molar-refractivity contribution in [1.29, 1.82) is 0 Å². The lowest BCUT2D eigenvalue weighted by Gasteiger charge is -2.10. The first-order valence-corrected chi connectivity index (χ1v) is 6.23. The van der Waals surface area contributed by atoms with Crippen LogP contribution in [0.3, 0.4) is 0 Å². The molecular formula is C13H26. The van der Waals surface area contributed by atoms with E-state index in [0.717, 1.165) is 11.3 Å². The summed E-state index contributed by atoms with van der Waals surface area (Å²) in [5.74, 6) is 1.08. The van der Waals surface area contributed by atoms with Crippen LogP contribution < -0.4 is 0 Å². The van der Waals surface area contributed by atoms with Crippen molar-refractivity contribution in [3.63, 3.8) is 0 Å². The van der Waals surface area contributed by atoms with E-state index in [9.17, 15) is 0 Å². The van der Waals surface area contributed by atoms with Gasteiger partial charge < -0.3 is 0 Å². The van der Waals surface area contributed by atoms with Crippen molar-refractivity contribution in [2.75, 3.05) is 0 Å². The van der Waals surface area contributed by atoms with Gasteiger partial charge in [-0.1, -0.05) is 59.3 Å². The topological polar surface area (TPSA) is 0 Å². The highest BCUT2D eigenvalue weighted by Gasteiger charge is 2.47. The largest absolute Gasteiger partial charge is 0.0654 e. The maximum absolute atomic E-state index is 2.50. The summed E-state index contributed by atoms with van der Waals surface area (Å²) < 4.78 is 0. The molecular weight excluding hydrogens is 156 g/mol. The second-order valence-corrected chi connectivity index (χ2v) is 5.15. The highest BCUT2D eigenvalue weighted by Crippen LogP contribution is 2.57.